The van der Waals surface area contributed by atoms with Crippen LogP contribution in [0.25, 0.3) is 10.8 Å². The summed E-state index contributed by atoms with van der Waals surface area (Å²) in [4.78, 5) is 29.3. The fourth-order valence-electron chi connectivity index (χ4n) is 4.53. The van der Waals surface area contributed by atoms with Gasteiger partial charge in [0.2, 0.25) is 11.8 Å². The Bertz CT molecular complexity index is 1750. The number of rotatable bonds is 11. The minimum atomic E-state index is -3.64. The van der Waals surface area contributed by atoms with Crippen molar-refractivity contribution in [3.8, 4) is 5.75 Å². The predicted molar refractivity (Wildman–Crippen MR) is 160 cm³/mol. The molecule has 1 heterocycles. The lowest BCUT2D eigenvalue weighted by Crippen LogP contribution is -2.33. The van der Waals surface area contributed by atoms with Gasteiger partial charge >= 0.3 is 0 Å². The number of hydrogen-bond donors (Lipinski definition) is 4. The molecule has 0 aliphatic heterocycles. The van der Waals surface area contributed by atoms with Crippen molar-refractivity contribution in [1.82, 2.24) is 10.3 Å². The van der Waals surface area contributed by atoms with Crippen LogP contribution < -0.4 is 26.4 Å². The predicted octanol–water partition coefficient (Wildman–Crippen LogP) is 4.58. The maximum Gasteiger partial charge on any atom is 0.247 e. The molecule has 0 fully saturated rings. The summed E-state index contributed by atoms with van der Waals surface area (Å²) in [6, 6.07) is 14.8. The Morgan fingerprint density at radius 2 is 1.83 bits per heavy atom. The fraction of sp³-hybridized carbons (Fsp3) is 0.233. The number of nitrogens with zero attached hydrogens (tertiary/aromatic N) is 1. The number of carbonyl (C=O) groups is 2. The number of hydrogen-bond acceptors (Lipinski definition) is 8. The SMILES string of the molecule is CCOc1cccc(C(Nc2cc(F)c3c(N)nccc3c2)C(=O)NCc2cc(NC(C)=O)ccc2S(=O)(=O)CC)c1. The van der Waals surface area contributed by atoms with Crippen LogP contribution in [0.5, 0.6) is 5.75 Å². The van der Waals surface area contributed by atoms with E-state index in [0.717, 1.165) is 0 Å². The molecule has 0 spiro atoms. The summed E-state index contributed by atoms with van der Waals surface area (Å²) in [7, 11) is -3.64. The van der Waals surface area contributed by atoms with Gasteiger partial charge in [0.15, 0.2) is 9.84 Å². The molecule has 12 heteroatoms. The van der Waals surface area contributed by atoms with E-state index in [0.29, 0.717) is 40.2 Å². The van der Waals surface area contributed by atoms with Crippen molar-refractivity contribution in [2.24, 2.45) is 0 Å². The number of ether oxygens (including phenoxy) is 1. The normalized spacial score (nSPS) is 12.0. The molecule has 10 nitrogen and oxygen atoms in total. The monoisotopic (exact) mass is 593 g/mol. The average Bonchev–Trinajstić information content (AvgIpc) is 2.94. The zero-order valence-electron chi connectivity index (χ0n) is 23.4. The number of amides is 2. The standard InChI is InChI=1S/C30H32FN5O5S/c1-4-41-24-8-6-7-20(15-24)28(36-23-13-19-11-12-33-29(32)27(19)25(31)16-23)30(38)34-17-21-14-22(35-18(3)37)9-10-26(21)42(39,40)5-2/h6-16,28,36H,4-5,17H2,1-3H3,(H2,32,33)(H,34,38)(H,35,37). The average molecular weight is 594 g/mol. The first kappa shape index (κ1) is 30.3. The van der Waals surface area contributed by atoms with Crippen LogP contribution in [0.1, 0.15) is 37.9 Å². The molecule has 0 aliphatic carbocycles. The van der Waals surface area contributed by atoms with Crippen LogP contribution in [0.3, 0.4) is 0 Å². The molecule has 0 aliphatic rings. The number of sulfone groups is 1. The molecule has 3 aromatic carbocycles. The zero-order chi connectivity index (χ0) is 30.4. The van der Waals surface area contributed by atoms with Crippen molar-refractivity contribution >= 4 is 49.6 Å². The van der Waals surface area contributed by atoms with E-state index < -0.39 is 27.6 Å². The second-order valence-corrected chi connectivity index (χ2v) is 11.7. The molecule has 0 saturated carbocycles. The van der Waals surface area contributed by atoms with E-state index in [1.165, 1.54) is 44.3 Å². The summed E-state index contributed by atoms with van der Waals surface area (Å²) >= 11 is 0. The quantitative estimate of drug-likeness (QED) is 0.197. The lowest BCUT2D eigenvalue weighted by Gasteiger charge is -2.22. The van der Waals surface area contributed by atoms with Gasteiger partial charge in [-0.25, -0.2) is 17.8 Å². The summed E-state index contributed by atoms with van der Waals surface area (Å²) in [6.45, 7) is 4.96. The number of pyridine rings is 1. The molecule has 1 atom stereocenters. The van der Waals surface area contributed by atoms with Crippen LogP contribution in [-0.4, -0.2) is 37.6 Å². The third-order valence-corrected chi connectivity index (χ3v) is 8.30. The third-order valence-electron chi connectivity index (χ3n) is 6.47. The number of fused-ring (bicyclic) bond motifs is 1. The summed E-state index contributed by atoms with van der Waals surface area (Å²) in [5.74, 6) is -0.994. The van der Waals surface area contributed by atoms with Crippen LogP contribution in [0, 0.1) is 5.82 Å². The first-order valence-electron chi connectivity index (χ1n) is 13.3. The van der Waals surface area contributed by atoms with Gasteiger partial charge in [0.1, 0.15) is 23.4 Å². The maximum absolute atomic E-state index is 15.0. The molecule has 0 radical (unpaired) electrons. The number of benzene rings is 3. The third kappa shape index (κ3) is 6.95. The van der Waals surface area contributed by atoms with Crippen molar-refractivity contribution in [2.75, 3.05) is 28.7 Å². The zero-order valence-corrected chi connectivity index (χ0v) is 24.2. The number of nitrogens with one attached hydrogen (secondary N) is 3. The molecular formula is C30H32FN5O5S. The summed E-state index contributed by atoms with van der Waals surface area (Å²) in [5.41, 5.74) is 7.40. The smallest absolute Gasteiger partial charge is 0.247 e. The maximum atomic E-state index is 15.0. The van der Waals surface area contributed by atoms with E-state index >= 15 is 4.39 Å². The van der Waals surface area contributed by atoms with Crippen molar-refractivity contribution < 1.29 is 27.1 Å². The first-order valence-corrected chi connectivity index (χ1v) is 14.9. The highest BCUT2D eigenvalue weighted by Crippen LogP contribution is 2.30. The second kappa shape index (κ2) is 12.9. The number of aromatic nitrogens is 1. The van der Waals surface area contributed by atoms with Gasteiger partial charge < -0.3 is 26.4 Å². The molecule has 1 aromatic heterocycles. The summed E-state index contributed by atoms with van der Waals surface area (Å²) in [5, 5.41) is 9.21. The van der Waals surface area contributed by atoms with Gasteiger partial charge in [0.25, 0.3) is 0 Å². The molecule has 1 unspecified atom stereocenters. The Morgan fingerprint density at radius 3 is 2.55 bits per heavy atom. The van der Waals surface area contributed by atoms with Gasteiger partial charge in [-0.1, -0.05) is 19.1 Å². The lowest BCUT2D eigenvalue weighted by molar-refractivity contribution is -0.122. The fourth-order valence-corrected chi connectivity index (χ4v) is 5.65. The van der Waals surface area contributed by atoms with Crippen LogP contribution in [0.15, 0.2) is 71.8 Å². The molecule has 220 valence electrons. The molecule has 4 aromatic rings. The lowest BCUT2D eigenvalue weighted by atomic mass is 10.0. The van der Waals surface area contributed by atoms with Crippen molar-refractivity contribution in [3.05, 3.63) is 83.8 Å². The van der Waals surface area contributed by atoms with Gasteiger partial charge in [0, 0.05) is 31.0 Å². The van der Waals surface area contributed by atoms with Gasteiger partial charge in [-0.3, -0.25) is 9.59 Å². The Balaban J connectivity index is 1.70. The van der Waals surface area contributed by atoms with Crippen molar-refractivity contribution in [3.63, 3.8) is 0 Å². The molecule has 4 rings (SSSR count). The molecule has 42 heavy (non-hydrogen) atoms. The van der Waals surface area contributed by atoms with E-state index in [4.69, 9.17) is 10.5 Å². The van der Waals surface area contributed by atoms with E-state index in [9.17, 15) is 18.0 Å². The van der Waals surface area contributed by atoms with Gasteiger partial charge in [-0.2, -0.15) is 0 Å². The highest BCUT2D eigenvalue weighted by atomic mass is 32.2. The Labute approximate surface area is 243 Å². The number of nitrogens with two attached hydrogens (primary N) is 1. The largest absolute Gasteiger partial charge is 0.494 e. The van der Waals surface area contributed by atoms with E-state index in [1.54, 1.807) is 36.4 Å². The van der Waals surface area contributed by atoms with Crippen molar-refractivity contribution in [2.45, 2.75) is 38.3 Å². The second-order valence-electron chi connectivity index (χ2n) is 9.46. The van der Waals surface area contributed by atoms with Gasteiger partial charge in [0.05, 0.1) is 22.6 Å². The highest BCUT2D eigenvalue weighted by Gasteiger charge is 2.24. The van der Waals surface area contributed by atoms with E-state index in [1.807, 2.05) is 6.92 Å². The number of anilines is 3. The van der Waals surface area contributed by atoms with Crippen LogP contribution in [-0.2, 0) is 26.0 Å². The Hall–Kier alpha value is -4.71. The Kier molecular flexibility index (Phi) is 9.26. The first-order chi connectivity index (χ1) is 20.0. The van der Waals surface area contributed by atoms with Crippen LogP contribution >= 0.6 is 0 Å². The molecule has 5 N–H and O–H groups in total. The number of nitrogen functional groups attached to an aromatic ring is 1. The highest BCUT2D eigenvalue weighted by molar-refractivity contribution is 7.91. The van der Waals surface area contributed by atoms with Crippen LogP contribution in [0.2, 0.25) is 0 Å². The minimum absolute atomic E-state index is 0.0463. The molecule has 2 amide bonds. The Morgan fingerprint density at radius 1 is 1.05 bits per heavy atom. The minimum Gasteiger partial charge on any atom is -0.494 e. The van der Waals surface area contributed by atoms with Crippen LogP contribution in [0.4, 0.5) is 21.6 Å². The summed E-state index contributed by atoms with van der Waals surface area (Å²) < 4.78 is 46.2. The number of halogens is 1. The molecular weight excluding hydrogens is 561 g/mol. The molecule has 0 saturated heterocycles. The van der Waals surface area contributed by atoms with E-state index in [2.05, 4.69) is 20.9 Å². The molecule has 0 bridgehead atoms. The number of carbonyl (C=O) groups excluding carboxylic acids is 2. The van der Waals surface area contributed by atoms with Gasteiger partial charge in [-0.15, -0.1) is 0 Å². The van der Waals surface area contributed by atoms with E-state index in [-0.39, 0.29) is 34.3 Å². The topological polar surface area (TPSA) is 153 Å². The van der Waals surface area contributed by atoms with Gasteiger partial charge in [-0.05, 0) is 72.0 Å². The van der Waals surface area contributed by atoms with Crippen molar-refractivity contribution in [1.29, 1.82) is 0 Å². The summed E-state index contributed by atoms with van der Waals surface area (Å²) in [6.07, 6.45) is 1.47.